The zero-order valence-corrected chi connectivity index (χ0v) is 12.0. The molecule has 1 atom stereocenters. The van der Waals surface area contributed by atoms with E-state index in [2.05, 4.69) is 51.2 Å². The molecule has 1 N–H and O–H groups in total. The molecule has 0 saturated carbocycles. The van der Waals surface area contributed by atoms with Crippen LogP contribution < -0.4 is 10.1 Å². The minimum atomic E-state index is 0.521. The number of benzene rings is 1. The van der Waals surface area contributed by atoms with E-state index in [1.54, 1.807) is 0 Å². The molecule has 0 aliphatic heterocycles. The van der Waals surface area contributed by atoms with Gasteiger partial charge in [0.05, 0.1) is 0 Å². The van der Waals surface area contributed by atoms with Crippen molar-refractivity contribution in [2.75, 3.05) is 13.2 Å². The fraction of sp³-hybridized carbons (Fsp3) is 0.500. The van der Waals surface area contributed by atoms with Gasteiger partial charge in [0, 0.05) is 6.04 Å². The van der Waals surface area contributed by atoms with Gasteiger partial charge in [0.1, 0.15) is 12.4 Å². The van der Waals surface area contributed by atoms with Crippen LogP contribution in [-0.4, -0.2) is 19.2 Å². The van der Waals surface area contributed by atoms with E-state index in [-0.39, 0.29) is 0 Å². The third-order valence-corrected chi connectivity index (χ3v) is 2.76. The summed E-state index contributed by atoms with van der Waals surface area (Å²) < 4.78 is 5.63. The lowest BCUT2D eigenvalue weighted by atomic mass is 10.1. The first kappa shape index (κ1) is 14.8. The van der Waals surface area contributed by atoms with Crippen LogP contribution in [0.15, 0.2) is 35.9 Å². The Kier molecular flexibility index (Phi) is 6.51. The summed E-state index contributed by atoms with van der Waals surface area (Å²) in [6, 6.07) is 8.91. The Hall–Kier alpha value is -1.28. The number of likely N-dealkylation sites (N-methyl/N-ethyl adjacent to an activating group) is 1. The van der Waals surface area contributed by atoms with Crippen LogP contribution in [0, 0.1) is 0 Å². The average Bonchev–Trinajstić information content (AvgIpc) is 2.31. The third-order valence-electron chi connectivity index (χ3n) is 2.76. The maximum Gasteiger partial charge on any atom is 0.119 e. The van der Waals surface area contributed by atoms with Gasteiger partial charge in [-0.1, -0.05) is 24.6 Å². The predicted octanol–water partition coefficient (Wildman–Crippen LogP) is 3.57. The highest BCUT2D eigenvalue weighted by molar-refractivity contribution is 5.28. The van der Waals surface area contributed by atoms with Crippen LogP contribution >= 0.6 is 0 Å². The third kappa shape index (κ3) is 5.87. The predicted molar refractivity (Wildman–Crippen MR) is 78.2 cm³/mol. The second kappa shape index (κ2) is 7.93. The first-order valence-electron chi connectivity index (χ1n) is 6.70. The summed E-state index contributed by atoms with van der Waals surface area (Å²) in [5.74, 6) is 0.937. The smallest absolute Gasteiger partial charge is 0.119 e. The Labute approximate surface area is 111 Å². The molecule has 1 aromatic rings. The molecule has 0 fully saturated rings. The number of hydrogen-bond donors (Lipinski definition) is 1. The Morgan fingerprint density at radius 2 is 1.94 bits per heavy atom. The summed E-state index contributed by atoms with van der Waals surface area (Å²) >= 11 is 0. The minimum absolute atomic E-state index is 0.521. The fourth-order valence-electron chi connectivity index (χ4n) is 1.80. The number of allylic oxidation sites excluding steroid dienone is 1. The quantitative estimate of drug-likeness (QED) is 0.744. The topological polar surface area (TPSA) is 21.3 Å². The van der Waals surface area contributed by atoms with Crippen LogP contribution in [0.3, 0.4) is 0 Å². The van der Waals surface area contributed by atoms with E-state index in [0.29, 0.717) is 12.6 Å². The van der Waals surface area contributed by atoms with E-state index < -0.39 is 0 Å². The number of hydrogen-bond acceptors (Lipinski definition) is 2. The number of ether oxygens (including phenoxy) is 1. The molecule has 0 saturated heterocycles. The van der Waals surface area contributed by atoms with E-state index >= 15 is 0 Å². The van der Waals surface area contributed by atoms with Gasteiger partial charge in [-0.15, -0.1) is 0 Å². The van der Waals surface area contributed by atoms with Crippen LogP contribution in [0.25, 0.3) is 0 Å². The molecule has 0 radical (unpaired) electrons. The molecule has 0 aliphatic carbocycles. The SMILES string of the molecule is CCNC(C)Cc1ccc(OCC=C(C)C)cc1. The maximum atomic E-state index is 5.63. The largest absolute Gasteiger partial charge is 0.490 e. The van der Waals surface area contributed by atoms with E-state index in [4.69, 9.17) is 4.74 Å². The normalized spacial score (nSPS) is 12.0. The lowest BCUT2D eigenvalue weighted by Crippen LogP contribution is -2.27. The van der Waals surface area contributed by atoms with Gasteiger partial charge in [-0.05, 0) is 57.5 Å². The molecule has 0 aliphatic rings. The molecule has 1 rings (SSSR count). The van der Waals surface area contributed by atoms with Crippen LogP contribution in [0.4, 0.5) is 0 Å². The van der Waals surface area contributed by atoms with Crippen LogP contribution in [0.2, 0.25) is 0 Å². The van der Waals surface area contributed by atoms with Gasteiger partial charge in [0.15, 0.2) is 0 Å². The molecule has 1 unspecified atom stereocenters. The Morgan fingerprint density at radius 1 is 1.28 bits per heavy atom. The van der Waals surface area contributed by atoms with Crippen molar-refractivity contribution in [3.8, 4) is 5.75 Å². The highest BCUT2D eigenvalue weighted by atomic mass is 16.5. The molecule has 18 heavy (non-hydrogen) atoms. The van der Waals surface area contributed by atoms with E-state index in [1.165, 1.54) is 11.1 Å². The monoisotopic (exact) mass is 247 g/mol. The summed E-state index contributed by atoms with van der Waals surface area (Å²) in [6.45, 7) is 10.2. The van der Waals surface area contributed by atoms with Gasteiger partial charge in [-0.3, -0.25) is 0 Å². The highest BCUT2D eigenvalue weighted by Crippen LogP contribution is 2.13. The van der Waals surface area contributed by atoms with Crippen molar-refractivity contribution in [2.24, 2.45) is 0 Å². The zero-order valence-electron chi connectivity index (χ0n) is 12.0. The average molecular weight is 247 g/mol. The second-order valence-electron chi connectivity index (χ2n) is 4.90. The zero-order chi connectivity index (χ0) is 13.4. The number of nitrogens with one attached hydrogen (secondary N) is 1. The number of rotatable bonds is 7. The van der Waals surface area contributed by atoms with Gasteiger partial charge in [-0.2, -0.15) is 0 Å². The van der Waals surface area contributed by atoms with Gasteiger partial charge in [0.25, 0.3) is 0 Å². The highest BCUT2D eigenvalue weighted by Gasteiger charge is 2.01. The van der Waals surface area contributed by atoms with Crippen molar-refractivity contribution in [1.82, 2.24) is 5.32 Å². The second-order valence-corrected chi connectivity index (χ2v) is 4.90. The first-order valence-corrected chi connectivity index (χ1v) is 6.70. The van der Waals surface area contributed by atoms with Crippen molar-refractivity contribution in [2.45, 2.75) is 40.2 Å². The molecule has 100 valence electrons. The summed E-state index contributed by atoms with van der Waals surface area (Å²) in [6.07, 6.45) is 3.14. The maximum absolute atomic E-state index is 5.63. The van der Waals surface area contributed by atoms with Crippen molar-refractivity contribution >= 4 is 0 Å². The summed E-state index contributed by atoms with van der Waals surface area (Å²) in [5.41, 5.74) is 2.63. The summed E-state index contributed by atoms with van der Waals surface area (Å²) in [7, 11) is 0. The molecular weight excluding hydrogens is 222 g/mol. The summed E-state index contributed by atoms with van der Waals surface area (Å²) in [5, 5.41) is 3.42. The van der Waals surface area contributed by atoms with Crippen molar-refractivity contribution in [3.05, 3.63) is 41.5 Å². The molecule has 2 heteroatoms. The van der Waals surface area contributed by atoms with Crippen LogP contribution in [0.1, 0.15) is 33.3 Å². The molecule has 1 aromatic carbocycles. The van der Waals surface area contributed by atoms with Gasteiger partial charge < -0.3 is 10.1 Å². The van der Waals surface area contributed by atoms with Gasteiger partial charge in [0.2, 0.25) is 0 Å². The van der Waals surface area contributed by atoms with E-state index in [1.807, 2.05) is 12.1 Å². The van der Waals surface area contributed by atoms with E-state index in [0.717, 1.165) is 18.7 Å². The fourth-order valence-corrected chi connectivity index (χ4v) is 1.80. The van der Waals surface area contributed by atoms with Crippen molar-refractivity contribution in [1.29, 1.82) is 0 Å². The molecule has 2 nitrogen and oxygen atoms in total. The minimum Gasteiger partial charge on any atom is -0.490 e. The van der Waals surface area contributed by atoms with Crippen molar-refractivity contribution < 1.29 is 4.74 Å². The molecule has 0 aromatic heterocycles. The Balaban J connectivity index is 2.44. The first-order chi connectivity index (χ1) is 8.61. The summed E-state index contributed by atoms with van der Waals surface area (Å²) in [4.78, 5) is 0. The molecule has 0 bridgehead atoms. The van der Waals surface area contributed by atoms with Crippen molar-refractivity contribution in [3.63, 3.8) is 0 Å². The molecule has 0 heterocycles. The molecule has 0 amide bonds. The van der Waals surface area contributed by atoms with Gasteiger partial charge in [-0.25, -0.2) is 0 Å². The van der Waals surface area contributed by atoms with Crippen LogP contribution in [-0.2, 0) is 6.42 Å². The Morgan fingerprint density at radius 3 is 2.50 bits per heavy atom. The van der Waals surface area contributed by atoms with Gasteiger partial charge >= 0.3 is 0 Å². The standard InChI is InChI=1S/C16H25NO/c1-5-17-14(4)12-15-6-8-16(9-7-15)18-11-10-13(2)3/h6-10,14,17H,5,11-12H2,1-4H3. The van der Waals surface area contributed by atoms with Crippen LogP contribution in [0.5, 0.6) is 5.75 Å². The molecule has 0 spiro atoms. The molecular formula is C16H25NO. The Bertz CT molecular complexity index is 363. The van der Waals surface area contributed by atoms with E-state index in [9.17, 15) is 0 Å². The lowest BCUT2D eigenvalue weighted by Gasteiger charge is -2.12. The lowest BCUT2D eigenvalue weighted by molar-refractivity contribution is 0.362.